The molecule has 1 amide bonds. The lowest BCUT2D eigenvalue weighted by atomic mass is 9.96. The summed E-state index contributed by atoms with van der Waals surface area (Å²) in [6, 6.07) is 8.55. The summed E-state index contributed by atoms with van der Waals surface area (Å²) in [5.74, 6) is 0.159. The Balaban J connectivity index is 2.05. The molecule has 158 valence electrons. The standard InChI is InChI=1S/C20H23Cl2NO5S/c1-12(2)15-7-13(3-4-19(15)24)8-16-17(21)9-14(10-18(16)22)28-11-20(25)23-5-6-29(26)27/h3-4,7,9-10,12,24H,5-6,8,11H2,1-2H3,(H,23,25)(H,26,27)/p-1. The number of benzene rings is 2. The van der Waals surface area contributed by atoms with Gasteiger partial charge in [0.05, 0.1) is 0 Å². The van der Waals surface area contributed by atoms with Gasteiger partial charge in [-0.2, -0.15) is 0 Å². The molecule has 0 fully saturated rings. The van der Waals surface area contributed by atoms with E-state index in [1.165, 1.54) is 0 Å². The fourth-order valence-electron chi connectivity index (χ4n) is 2.69. The van der Waals surface area contributed by atoms with Crippen LogP contribution in [0.25, 0.3) is 0 Å². The van der Waals surface area contributed by atoms with Crippen LogP contribution in [-0.2, 0) is 22.3 Å². The van der Waals surface area contributed by atoms with Crippen LogP contribution in [0, 0.1) is 0 Å². The molecular weight excluding hydrogens is 437 g/mol. The highest BCUT2D eigenvalue weighted by atomic mass is 35.5. The maximum absolute atomic E-state index is 11.7. The third-order valence-corrected chi connectivity index (χ3v) is 5.38. The van der Waals surface area contributed by atoms with Gasteiger partial charge >= 0.3 is 0 Å². The van der Waals surface area contributed by atoms with E-state index in [1.54, 1.807) is 18.2 Å². The van der Waals surface area contributed by atoms with Crippen LogP contribution >= 0.6 is 23.2 Å². The molecule has 0 spiro atoms. The number of carbonyl (C=O) groups excluding carboxylic acids is 1. The van der Waals surface area contributed by atoms with Crippen LogP contribution in [0.3, 0.4) is 0 Å². The van der Waals surface area contributed by atoms with E-state index < -0.39 is 17.0 Å². The number of rotatable bonds is 9. The number of halogens is 2. The Morgan fingerprint density at radius 1 is 1.24 bits per heavy atom. The summed E-state index contributed by atoms with van der Waals surface area (Å²) in [5, 5.41) is 13.2. The molecule has 6 nitrogen and oxygen atoms in total. The number of ether oxygens (including phenoxy) is 1. The highest BCUT2D eigenvalue weighted by molar-refractivity contribution is 7.79. The summed E-state index contributed by atoms with van der Waals surface area (Å²) in [4.78, 5) is 11.7. The van der Waals surface area contributed by atoms with E-state index in [4.69, 9.17) is 27.9 Å². The second-order valence-electron chi connectivity index (χ2n) is 6.74. The fraction of sp³-hybridized carbons (Fsp3) is 0.350. The van der Waals surface area contributed by atoms with Crippen molar-refractivity contribution in [2.24, 2.45) is 0 Å². The van der Waals surface area contributed by atoms with Crippen molar-refractivity contribution in [2.75, 3.05) is 18.9 Å². The van der Waals surface area contributed by atoms with Crippen LogP contribution in [0.1, 0.15) is 36.5 Å². The van der Waals surface area contributed by atoms with Crippen molar-refractivity contribution in [3.63, 3.8) is 0 Å². The molecule has 0 bridgehead atoms. The lowest BCUT2D eigenvalue weighted by Gasteiger charge is -2.14. The van der Waals surface area contributed by atoms with Gasteiger partial charge in [-0.3, -0.25) is 9.00 Å². The van der Waals surface area contributed by atoms with Crippen molar-refractivity contribution in [3.05, 3.63) is 57.1 Å². The van der Waals surface area contributed by atoms with Crippen LogP contribution in [0.5, 0.6) is 11.5 Å². The molecule has 9 heteroatoms. The minimum atomic E-state index is -2.21. The van der Waals surface area contributed by atoms with Gasteiger partial charge in [0.15, 0.2) is 6.61 Å². The maximum Gasteiger partial charge on any atom is 0.257 e. The molecule has 2 aromatic carbocycles. The number of hydrogen-bond acceptors (Lipinski definition) is 5. The van der Waals surface area contributed by atoms with Crippen molar-refractivity contribution in [2.45, 2.75) is 26.2 Å². The molecule has 2 rings (SSSR count). The van der Waals surface area contributed by atoms with E-state index in [2.05, 4.69) is 5.32 Å². The predicted molar refractivity (Wildman–Crippen MR) is 114 cm³/mol. The molecule has 0 aliphatic rings. The van der Waals surface area contributed by atoms with Gasteiger partial charge in [-0.25, -0.2) is 0 Å². The molecule has 2 N–H and O–H groups in total. The van der Waals surface area contributed by atoms with Gasteiger partial charge in [0, 0.05) is 28.8 Å². The van der Waals surface area contributed by atoms with Crippen LogP contribution < -0.4 is 10.1 Å². The Bertz CT molecular complexity index is 881. The molecule has 0 aliphatic carbocycles. The van der Waals surface area contributed by atoms with E-state index >= 15 is 0 Å². The monoisotopic (exact) mass is 458 g/mol. The van der Waals surface area contributed by atoms with Crippen LogP contribution in [0.4, 0.5) is 0 Å². The first-order valence-electron chi connectivity index (χ1n) is 8.92. The first-order valence-corrected chi connectivity index (χ1v) is 10.9. The lowest BCUT2D eigenvalue weighted by Crippen LogP contribution is -2.31. The van der Waals surface area contributed by atoms with Crippen LogP contribution in [-0.4, -0.2) is 38.7 Å². The summed E-state index contributed by atoms with van der Waals surface area (Å²) in [6.45, 7) is 3.74. The highest BCUT2D eigenvalue weighted by Gasteiger charge is 2.13. The van der Waals surface area contributed by atoms with E-state index in [-0.39, 0.29) is 30.6 Å². The SMILES string of the molecule is CC(C)c1cc(Cc2c(Cl)cc(OCC(=O)NCCS(=O)[O-])cc2Cl)ccc1O. The number of phenolic OH excluding ortho intramolecular Hbond substituents is 1. The van der Waals surface area contributed by atoms with E-state index in [1.807, 2.05) is 26.0 Å². The average molecular weight is 459 g/mol. The molecule has 0 saturated heterocycles. The molecule has 0 radical (unpaired) electrons. The van der Waals surface area contributed by atoms with Gasteiger partial charge in [0.25, 0.3) is 5.91 Å². The predicted octanol–water partition coefficient (Wildman–Crippen LogP) is 3.79. The van der Waals surface area contributed by atoms with E-state index in [0.717, 1.165) is 11.1 Å². The number of carbonyl (C=O) groups is 1. The average Bonchev–Trinajstić information content (AvgIpc) is 2.63. The smallest absolute Gasteiger partial charge is 0.257 e. The van der Waals surface area contributed by atoms with Crippen LogP contribution in [0.15, 0.2) is 30.3 Å². The summed E-state index contributed by atoms with van der Waals surface area (Å²) < 4.78 is 26.3. The van der Waals surface area contributed by atoms with Crippen molar-refractivity contribution >= 4 is 40.2 Å². The maximum atomic E-state index is 11.7. The molecule has 1 atom stereocenters. The number of aromatic hydroxyl groups is 1. The minimum Gasteiger partial charge on any atom is -0.772 e. The van der Waals surface area contributed by atoms with E-state index in [0.29, 0.717) is 27.8 Å². The quantitative estimate of drug-likeness (QED) is 0.556. The van der Waals surface area contributed by atoms with Crippen molar-refractivity contribution in [3.8, 4) is 11.5 Å². The Hall–Kier alpha value is -1.80. The minimum absolute atomic E-state index is 0.0176. The number of amides is 1. The normalized spacial score (nSPS) is 12.1. The second kappa shape index (κ2) is 10.8. The summed E-state index contributed by atoms with van der Waals surface area (Å²) >= 11 is 10.5. The second-order valence-corrected chi connectivity index (χ2v) is 8.57. The zero-order chi connectivity index (χ0) is 21.6. The molecule has 1 unspecified atom stereocenters. The number of hydrogen-bond donors (Lipinski definition) is 2. The Morgan fingerprint density at radius 2 is 1.90 bits per heavy atom. The molecule has 0 aliphatic heterocycles. The van der Waals surface area contributed by atoms with E-state index in [9.17, 15) is 18.7 Å². The third kappa shape index (κ3) is 7.19. The Kier molecular flexibility index (Phi) is 8.77. The molecule has 0 aromatic heterocycles. The molecule has 0 heterocycles. The van der Waals surface area contributed by atoms with Crippen molar-refractivity contribution in [1.82, 2.24) is 5.32 Å². The van der Waals surface area contributed by atoms with Crippen LogP contribution in [0.2, 0.25) is 10.0 Å². The van der Waals surface area contributed by atoms with Gasteiger partial charge in [0.2, 0.25) is 0 Å². The highest BCUT2D eigenvalue weighted by Crippen LogP contribution is 2.33. The van der Waals surface area contributed by atoms with Crippen molar-refractivity contribution in [1.29, 1.82) is 0 Å². The first-order chi connectivity index (χ1) is 13.7. The third-order valence-electron chi connectivity index (χ3n) is 4.17. The van der Waals surface area contributed by atoms with Gasteiger partial charge in [-0.15, -0.1) is 0 Å². The van der Waals surface area contributed by atoms with Gasteiger partial charge in [-0.1, -0.05) is 60.3 Å². The zero-order valence-corrected chi connectivity index (χ0v) is 18.4. The largest absolute Gasteiger partial charge is 0.772 e. The summed E-state index contributed by atoms with van der Waals surface area (Å²) in [6.07, 6.45) is 0.477. The van der Waals surface area contributed by atoms with Gasteiger partial charge < -0.3 is 19.7 Å². The fourth-order valence-corrected chi connectivity index (χ4v) is 3.56. The Morgan fingerprint density at radius 3 is 2.48 bits per heavy atom. The van der Waals surface area contributed by atoms with Gasteiger partial charge in [0.1, 0.15) is 11.5 Å². The van der Waals surface area contributed by atoms with Crippen molar-refractivity contribution < 1.29 is 23.4 Å². The zero-order valence-electron chi connectivity index (χ0n) is 16.0. The lowest BCUT2D eigenvalue weighted by molar-refractivity contribution is -0.122. The molecule has 29 heavy (non-hydrogen) atoms. The number of nitrogens with one attached hydrogen (secondary N) is 1. The summed E-state index contributed by atoms with van der Waals surface area (Å²) in [7, 11) is 0. The summed E-state index contributed by atoms with van der Waals surface area (Å²) in [5.41, 5.74) is 2.52. The molecule has 0 saturated carbocycles. The number of phenols is 1. The molecule has 2 aromatic rings. The first kappa shape index (κ1) is 23.5. The molecular formula is C20H22Cl2NO5S-. The topological polar surface area (TPSA) is 98.7 Å². The Labute approximate surface area is 182 Å². The van der Waals surface area contributed by atoms with Gasteiger partial charge in [-0.05, 0) is 40.8 Å².